The fourth-order valence-corrected chi connectivity index (χ4v) is 7.21. The van der Waals surface area contributed by atoms with E-state index in [4.69, 9.17) is 14.2 Å². The number of Topliss-reactive ketones (excluding diaryl/α,β-unsaturated/α-hetero) is 3. The van der Waals surface area contributed by atoms with E-state index in [2.05, 4.69) is 0 Å². The van der Waals surface area contributed by atoms with Gasteiger partial charge in [0.15, 0.2) is 23.5 Å². The number of hydrogen-bond donors (Lipinski definition) is 3. The SMILES string of the molecule is COC(=O)[C@]1([C@@H]2CCC(=O)O2)CC(=O)c2c(O)cc3c(c2O1)[C@H]1C=C[C@@]2(C3)C(=O)c3cc(C)cc(O)c3C(O)=C2C1=O. The van der Waals surface area contributed by atoms with Crippen molar-refractivity contribution in [2.45, 2.75) is 50.2 Å². The molecule has 2 heterocycles. The molecule has 42 heavy (non-hydrogen) atoms. The summed E-state index contributed by atoms with van der Waals surface area (Å²) >= 11 is 0. The molecule has 2 aromatic carbocycles. The maximum absolute atomic E-state index is 14.2. The summed E-state index contributed by atoms with van der Waals surface area (Å²) in [4.78, 5) is 67.1. The topological polar surface area (TPSA) is 174 Å². The molecule has 1 fully saturated rings. The van der Waals surface area contributed by atoms with Crippen LogP contribution >= 0.6 is 0 Å². The normalized spacial score (nSPS) is 28.8. The fourth-order valence-electron chi connectivity index (χ4n) is 7.21. The standard InChI is InChI=1S/C31H24O11/c1-12-7-15-22(16(32)8-12)26(37)24-25(36)14-5-6-30(24,28(15)38)10-13-9-17(33)23-18(34)11-31(29(39)40-2,42-27(23)21(13)14)19-3-4-20(35)41-19/h5-9,14,19,32-33,37H,3-4,10-11H2,1-2H3/t14-,19+,30+,31-/m1/s1. The number of hydrogen-bond acceptors (Lipinski definition) is 11. The van der Waals surface area contributed by atoms with Crippen LogP contribution in [0.1, 0.15) is 68.2 Å². The predicted molar refractivity (Wildman–Crippen MR) is 141 cm³/mol. The average Bonchev–Trinajstić information content (AvgIpc) is 3.26. The average molecular weight is 573 g/mol. The van der Waals surface area contributed by atoms with Crippen LogP contribution in [0.2, 0.25) is 0 Å². The number of phenols is 2. The molecular formula is C31H24O11. The van der Waals surface area contributed by atoms with Crippen molar-refractivity contribution in [1.29, 1.82) is 0 Å². The molecule has 3 N–H and O–H groups in total. The zero-order valence-electron chi connectivity index (χ0n) is 22.5. The van der Waals surface area contributed by atoms with E-state index < -0.39 is 70.3 Å². The van der Waals surface area contributed by atoms with Gasteiger partial charge < -0.3 is 29.5 Å². The van der Waals surface area contributed by atoms with Gasteiger partial charge in [-0.25, -0.2) is 4.79 Å². The molecule has 4 aliphatic carbocycles. The number of aliphatic hydroxyl groups excluding tert-OH is 1. The monoisotopic (exact) mass is 572 g/mol. The number of phenolic OH excluding ortho intramolecular Hbond substituents is 2. The minimum Gasteiger partial charge on any atom is -0.507 e. The maximum atomic E-state index is 14.2. The van der Waals surface area contributed by atoms with Gasteiger partial charge in [0.05, 0.1) is 36.0 Å². The van der Waals surface area contributed by atoms with Crippen LogP contribution in [-0.2, 0) is 30.3 Å². The van der Waals surface area contributed by atoms with Crippen LogP contribution in [-0.4, -0.2) is 63.4 Å². The van der Waals surface area contributed by atoms with Crippen LogP contribution in [0.4, 0.5) is 0 Å². The highest BCUT2D eigenvalue weighted by molar-refractivity contribution is 6.23. The third-order valence-corrected chi connectivity index (χ3v) is 9.02. The van der Waals surface area contributed by atoms with Crippen LogP contribution in [0.5, 0.6) is 17.2 Å². The molecule has 6 aliphatic rings. The van der Waals surface area contributed by atoms with E-state index in [9.17, 15) is 39.3 Å². The van der Waals surface area contributed by atoms with Gasteiger partial charge in [0.25, 0.3) is 0 Å². The summed E-state index contributed by atoms with van der Waals surface area (Å²) in [6.45, 7) is 1.68. The van der Waals surface area contributed by atoms with Gasteiger partial charge in [-0.05, 0) is 49.1 Å². The van der Waals surface area contributed by atoms with Gasteiger partial charge in [-0.3, -0.25) is 19.2 Å². The van der Waals surface area contributed by atoms with Gasteiger partial charge in [-0.2, -0.15) is 0 Å². The summed E-state index contributed by atoms with van der Waals surface area (Å²) in [5, 5.41) is 33.1. The number of cyclic esters (lactones) is 1. The second-order valence-corrected chi connectivity index (χ2v) is 11.4. The second-order valence-electron chi connectivity index (χ2n) is 11.4. The first-order valence-corrected chi connectivity index (χ1v) is 13.4. The zero-order chi connectivity index (χ0) is 29.9. The second kappa shape index (κ2) is 8.31. The van der Waals surface area contributed by atoms with Crippen LogP contribution in [0.3, 0.4) is 0 Å². The van der Waals surface area contributed by atoms with Gasteiger partial charge in [0, 0.05) is 17.5 Å². The number of aryl methyl sites for hydroxylation is 1. The van der Waals surface area contributed by atoms with Gasteiger partial charge in [0.2, 0.25) is 5.60 Å². The highest BCUT2D eigenvalue weighted by Crippen LogP contribution is 2.58. The Hall–Kier alpha value is -4.93. The number of carbonyl (C=O) groups excluding carboxylic acids is 5. The number of fused-ring (bicyclic) bond motifs is 2. The number of ether oxygens (including phenoxy) is 3. The molecule has 0 unspecified atom stereocenters. The predicted octanol–water partition coefficient (Wildman–Crippen LogP) is 2.92. The first-order valence-electron chi connectivity index (χ1n) is 13.4. The van der Waals surface area contributed by atoms with E-state index in [1.54, 1.807) is 6.92 Å². The summed E-state index contributed by atoms with van der Waals surface area (Å²) in [7, 11) is 1.10. The third-order valence-electron chi connectivity index (χ3n) is 9.02. The summed E-state index contributed by atoms with van der Waals surface area (Å²) in [6.07, 6.45) is 1.11. The fraction of sp³-hybridized carbons (Fsp3) is 0.323. The molecular weight excluding hydrogens is 548 g/mol. The molecule has 11 heteroatoms. The Morgan fingerprint density at radius 3 is 2.45 bits per heavy atom. The molecule has 8 rings (SSSR count). The molecule has 2 aromatic rings. The maximum Gasteiger partial charge on any atom is 0.354 e. The van der Waals surface area contributed by atoms with Crippen molar-refractivity contribution in [3.05, 3.63) is 69.3 Å². The van der Waals surface area contributed by atoms with E-state index in [1.807, 2.05) is 0 Å². The largest absolute Gasteiger partial charge is 0.507 e. The van der Waals surface area contributed by atoms with Crippen molar-refractivity contribution < 1.29 is 53.5 Å². The summed E-state index contributed by atoms with van der Waals surface area (Å²) in [5.41, 5.74) is -3.35. The van der Waals surface area contributed by atoms with Crippen LogP contribution in [0, 0.1) is 12.3 Å². The van der Waals surface area contributed by atoms with E-state index in [0.717, 1.165) is 7.11 Å². The number of rotatable bonds is 2. The number of allylic oxidation sites excluding steroid dienone is 3. The van der Waals surface area contributed by atoms with Crippen LogP contribution in [0.25, 0.3) is 5.76 Å². The van der Waals surface area contributed by atoms with Crippen molar-refractivity contribution >= 4 is 35.0 Å². The number of esters is 2. The lowest BCUT2D eigenvalue weighted by molar-refractivity contribution is -0.175. The molecule has 4 atom stereocenters. The van der Waals surface area contributed by atoms with Crippen molar-refractivity contribution in [1.82, 2.24) is 0 Å². The molecule has 0 radical (unpaired) electrons. The van der Waals surface area contributed by atoms with Crippen molar-refractivity contribution in [2.24, 2.45) is 5.41 Å². The summed E-state index contributed by atoms with van der Waals surface area (Å²) in [5.74, 6) is -6.25. The first-order chi connectivity index (χ1) is 19.9. The van der Waals surface area contributed by atoms with Crippen LogP contribution in [0.15, 0.2) is 35.9 Å². The van der Waals surface area contributed by atoms with Gasteiger partial charge in [-0.1, -0.05) is 12.2 Å². The lowest BCUT2D eigenvalue weighted by atomic mass is 9.62. The van der Waals surface area contributed by atoms with Crippen molar-refractivity contribution in [2.75, 3.05) is 7.11 Å². The zero-order valence-corrected chi connectivity index (χ0v) is 22.5. The van der Waals surface area contributed by atoms with Gasteiger partial charge >= 0.3 is 11.9 Å². The molecule has 0 saturated carbocycles. The Balaban J connectivity index is 1.47. The smallest absolute Gasteiger partial charge is 0.354 e. The molecule has 1 saturated heterocycles. The number of benzene rings is 2. The van der Waals surface area contributed by atoms with E-state index >= 15 is 0 Å². The number of carbonyl (C=O) groups is 5. The third kappa shape index (κ3) is 3.07. The van der Waals surface area contributed by atoms with E-state index in [-0.39, 0.29) is 64.2 Å². The van der Waals surface area contributed by atoms with Gasteiger partial charge in [0.1, 0.15) is 28.6 Å². The summed E-state index contributed by atoms with van der Waals surface area (Å²) in [6, 6.07) is 4.19. The lowest BCUT2D eigenvalue weighted by Gasteiger charge is -2.40. The summed E-state index contributed by atoms with van der Waals surface area (Å²) < 4.78 is 16.6. The Morgan fingerprint density at radius 2 is 1.76 bits per heavy atom. The molecule has 1 spiro atoms. The van der Waals surface area contributed by atoms with Crippen molar-refractivity contribution in [3.63, 3.8) is 0 Å². The van der Waals surface area contributed by atoms with Gasteiger partial charge in [-0.15, -0.1) is 0 Å². The molecule has 11 nitrogen and oxygen atoms in total. The first kappa shape index (κ1) is 26.0. The minimum atomic E-state index is -2.08. The molecule has 2 bridgehead atoms. The molecule has 214 valence electrons. The highest BCUT2D eigenvalue weighted by atomic mass is 16.6. The quantitative estimate of drug-likeness (QED) is 0.357. The number of ketones is 3. The number of methoxy groups -OCH3 is 1. The number of aromatic hydroxyl groups is 2. The highest BCUT2D eigenvalue weighted by Gasteiger charge is 2.61. The number of aliphatic hydroxyl groups is 1. The lowest BCUT2D eigenvalue weighted by Crippen LogP contribution is -2.58. The molecule has 0 amide bonds. The minimum absolute atomic E-state index is 0.0131. The Morgan fingerprint density at radius 1 is 1.02 bits per heavy atom. The Labute approximate surface area is 238 Å². The molecule has 2 aliphatic heterocycles. The Kier molecular flexibility index (Phi) is 5.14. The Bertz CT molecular complexity index is 1780. The van der Waals surface area contributed by atoms with Crippen LogP contribution < -0.4 is 4.74 Å². The van der Waals surface area contributed by atoms with E-state index in [1.165, 1.54) is 30.4 Å². The van der Waals surface area contributed by atoms with Crippen molar-refractivity contribution in [3.8, 4) is 17.2 Å². The van der Waals surface area contributed by atoms with E-state index in [0.29, 0.717) is 5.56 Å². The molecule has 0 aromatic heterocycles.